The topological polar surface area (TPSA) is 73.1 Å². The maximum absolute atomic E-state index is 11.6. The lowest BCUT2D eigenvalue weighted by atomic mass is 10.1. The molecule has 1 N–H and O–H groups in total. The molecule has 0 aliphatic rings. The molecule has 2 aromatic heterocycles. The molecule has 0 spiro atoms. The molecule has 0 bridgehead atoms. The zero-order valence-corrected chi connectivity index (χ0v) is 14.5. The van der Waals surface area contributed by atoms with E-state index in [4.69, 9.17) is 9.47 Å². The molecule has 2 heterocycles. The van der Waals surface area contributed by atoms with Gasteiger partial charge in [-0.3, -0.25) is 4.40 Å². The SMILES string of the molecule is C=C(C)Oc1c(/C=C/c2nc3sccn3c2C(=O)O)cccc1OC. The zero-order chi connectivity index (χ0) is 18.0. The summed E-state index contributed by atoms with van der Waals surface area (Å²) >= 11 is 1.38. The third-order valence-electron chi connectivity index (χ3n) is 3.42. The summed E-state index contributed by atoms with van der Waals surface area (Å²) in [5, 5.41) is 11.3. The summed E-state index contributed by atoms with van der Waals surface area (Å²) in [6.45, 7) is 5.49. The minimum atomic E-state index is -1.03. The highest BCUT2D eigenvalue weighted by atomic mass is 32.1. The van der Waals surface area contributed by atoms with E-state index in [1.54, 1.807) is 48.2 Å². The van der Waals surface area contributed by atoms with Crippen LogP contribution in [0.25, 0.3) is 17.1 Å². The van der Waals surface area contributed by atoms with E-state index in [1.165, 1.54) is 11.3 Å². The Balaban J connectivity index is 2.05. The predicted octanol–water partition coefficient (Wildman–Crippen LogP) is 4.19. The number of thiazole rings is 1. The third-order valence-corrected chi connectivity index (χ3v) is 4.17. The van der Waals surface area contributed by atoms with Crippen LogP contribution in [0, 0.1) is 0 Å². The molecule has 3 rings (SSSR count). The fraction of sp³-hybridized carbons (Fsp3) is 0.111. The van der Waals surface area contributed by atoms with Gasteiger partial charge in [-0.1, -0.05) is 18.7 Å². The number of hydrogen-bond donors (Lipinski definition) is 1. The fourth-order valence-corrected chi connectivity index (χ4v) is 3.13. The number of hydrogen-bond acceptors (Lipinski definition) is 5. The standard InChI is InChI=1S/C18H16N2O4S/c1-11(2)24-16-12(5-4-6-14(16)23-3)7-8-13-15(17(21)22)20-9-10-25-18(20)19-13/h4-10H,1H2,2-3H3,(H,21,22)/b8-7+. The zero-order valence-electron chi connectivity index (χ0n) is 13.7. The van der Waals surface area contributed by atoms with E-state index in [9.17, 15) is 9.90 Å². The van der Waals surface area contributed by atoms with Gasteiger partial charge in [0.15, 0.2) is 22.2 Å². The van der Waals surface area contributed by atoms with Gasteiger partial charge in [0.05, 0.1) is 18.6 Å². The molecule has 0 aliphatic heterocycles. The summed E-state index contributed by atoms with van der Waals surface area (Å²) in [4.78, 5) is 16.6. The predicted molar refractivity (Wildman–Crippen MR) is 97.4 cm³/mol. The smallest absolute Gasteiger partial charge is 0.355 e. The Labute approximate surface area is 148 Å². The molecule has 0 atom stereocenters. The molecule has 0 saturated heterocycles. The highest BCUT2D eigenvalue weighted by Crippen LogP contribution is 2.33. The van der Waals surface area contributed by atoms with Gasteiger partial charge in [-0.25, -0.2) is 9.78 Å². The summed E-state index contributed by atoms with van der Waals surface area (Å²) in [6, 6.07) is 5.45. The van der Waals surface area contributed by atoms with Crippen molar-refractivity contribution < 1.29 is 19.4 Å². The van der Waals surface area contributed by atoms with Crippen LogP contribution in [-0.4, -0.2) is 27.6 Å². The number of ether oxygens (including phenoxy) is 2. The Bertz CT molecular complexity index is 984. The molecule has 0 amide bonds. The Hall–Kier alpha value is -3.06. The van der Waals surface area contributed by atoms with Gasteiger partial charge < -0.3 is 14.6 Å². The lowest BCUT2D eigenvalue weighted by molar-refractivity contribution is 0.0689. The second kappa shape index (κ2) is 6.82. The molecule has 7 heteroatoms. The number of carboxylic acid groups (broad SMARTS) is 1. The summed E-state index contributed by atoms with van der Waals surface area (Å²) in [7, 11) is 1.56. The first kappa shape index (κ1) is 16.8. The van der Waals surface area contributed by atoms with E-state index in [0.717, 1.165) is 5.56 Å². The first-order valence-electron chi connectivity index (χ1n) is 7.38. The van der Waals surface area contributed by atoms with Crippen molar-refractivity contribution in [3.63, 3.8) is 0 Å². The van der Waals surface area contributed by atoms with Crippen molar-refractivity contribution in [2.24, 2.45) is 0 Å². The van der Waals surface area contributed by atoms with Crippen LogP contribution in [0.15, 0.2) is 42.1 Å². The quantitative estimate of drug-likeness (QED) is 0.671. The van der Waals surface area contributed by atoms with Gasteiger partial charge in [-0.15, -0.1) is 11.3 Å². The maximum Gasteiger partial charge on any atom is 0.355 e. The van der Waals surface area contributed by atoms with Gasteiger partial charge in [0.2, 0.25) is 0 Å². The van der Waals surface area contributed by atoms with Crippen LogP contribution in [-0.2, 0) is 0 Å². The van der Waals surface area contributed by atoms with Gasteiger partial charge >= 0.3 is 5.97 Å². The van der Waals surface area contributed by atoms with E-state index in [1.807, 2.05) is 12.1 Å². The van der Waals surface area contributed by atoms with Crippen molar-refractivity contribution in [1.82, 2.24) is 9.38 Å². The molecular formula is C18H16N2O4S. The first-order valence-corrected chi connectivity index (χ1v) is 8.26. The van der Waals surface area contributed by atoms with Crippen LogP contribution in [0.5, 0.6) is 11.5 Å². The normalized spacial score (nSPS) is 11.1. The Morgan fingerprint density at radius 2 is 2.20 bits per heavy atom. The third kappa shape index (κ3) is 3.27. The molecule has 0 aliphatic carbocycles. The van der Waals surface area contributed by atoms with Crippen molar-refractivity contribution in [3.05, 3.63) is 59.1 Å². The van der Waals surface area contributed by atoms with Crippen molar-refractivity contribution in [2.45, 2.75) is 6.92 Å². The lowest BCUT2D eigenvalue weighted by Gasteiger charge is -2.12. The number of rotatable bonds is 6. The molecule has 6 nitrogen and oxygen atoms in total. The van der Waals surface area contributed by atoms with E-state index in [0.29, 0.717) is 27.9 Å². The second-order valence-corrected chi connectivity index (χ2v) is 6.10. The summed E-state index contributed by atoms with van der Waals surface area (Å²) in [5.41, 5.74) is 1.23. The number of fused-ring (bicyclic) bond motifs is 1. The average Bonchev–Trinajstić information content (AvgIpc) is 3.13. The van der Waals surface area contributed by atoms with E-state index < -0.39 is 5.97 Å². The number of methoxy groups -OCH3 is 1. The van der Waals surface area contributed by atoms with Gasteiger partial charge in [-0.05, 0) is 25.1 Å². The molecule has 0 unspecified atom stereocenters. The maximum atomic E-state index is 11.6. The molecule has 1 aromatic carbocycles. The summed E-state index contributed by atoms with van der Waals surface area (Å²) < 4.78 is 12.6. The number of carbonyl (C=O) groups is 1. The van der Waals surface area contributed by atoms with Crippen molar-refractivity contribution in [1.29, 1.82) is 0 Å². The average molecular weight is 356 g/mol. The van der Waals surface area contributed by atoms with Crippen LogP contribution < -0.4 is 9.47 Å². The molecule has 3 aromatic rings. The number of imidazole rings is 1. The number of para-hydroxylation sites is 1. The number of allylic oxidation sites excluding steroid dienone is 1. The van der Waals surface area contributed by atoms with Crippen LogP contribution in [0.4, 0.5) is 0 Å². The van der Waals surface area contributed by atoms with Crippen LogP contribution in [0.3, 0.4) is 0 Å². The Morgan fingerprint density at radius 1 is 1.40 bits per heavy atom. The number of aromatic nitrogens is 2. The highest BCUT2D eigenvalue weighted by molar-refractivity contribution is 7.15. The molecule has 0 fully saturated rings. The number of carboxylic acids is 1. The molecule has 0 radical (unpaired) electrons. The van der Waals surface area contributed by atoms with Gasteiger partial charge in [0, 0.05) is 17.1 Å². The Morgan fingerprint density at radius 3 is 2.88 bits per heavy atom. The minimum Gasteiger partial charge on any atom is -0.493 e. The highest BCUT2D eigenvalue weighted by Gasteiger charge is 2.17. The van der Waals surface area contributed by atoms with Crippen molar-refractivity contribution in [3.8, 4) is 11.5 Å². The monoisotopic (exact) mass is 356 g/mol. The largest absolute Gasteiger partial charge is 0.493 e. The van der Waals surface area contributed by atoms with Crippen LogP contribution in [0.1, 0.15) is 28.7 Å². The fourth-order valence-electron chi connectivity index (χ4n) is 2.41. The molecular weight excluding hydrogens is 340 g/mol. The van der Waals surface area contributed by atoms with E-state index in [-0.39, 0.29) is 5.69 Å². The van der Waals surface area contributed by atoms with Crippen LogP contribution >= 0.6 is 11.3 Å². The molecule has 0 saturated carbocycles. The minimum absolute atomic E-state index is 0.123. The van der Waals surface area contributed by atoms with Crippen molar-refractivity contribution >= 4 is 34.4 Å². The molecule has 128 valence electrons. The van der Waals surface area contributed by atoms with Gasteiger partial charge in [0.1, 0.15) is 0 Å². The van der Waals surface area contributed by atoms with Crippen molar-refractivity contribution in [2.75, 3.05) is 7.11 Å². The number of aromatic carboxylic acids is 1. The van der Waals surface area contributed by atoms with E-state index >= 15 is 0 Å². The lowest BCUT2D eigenvalue weighted by Crippen LogP contribution is -2.02. The Kier molecular flexibility index (Phi) is 4.58. The summed E-state index contributed by atoms with van der Waals surface area (Å²) in [5.74, 6) is 0.573. The van der Waals surface area contributed by atoms with Gasteiger partial charge in [-0.2, -0.15) is 0 Å². The number of benzene rings is 1. The van der Waals surface area contributed by atoms with Crippen LogP contribution in [0.2, 0.25) is 0 Å². The first-order chi connectivity index (χ1) is 12.0. The molecule has 25 heavy (non-hydrogen) atoms. The summed E-state index contributed by atoms with van der Waals surface area (Å²) in [6.07, 6.45) is 5.10. The van der Waals surface area contributed by atoms with Gasteiger partial charge in [0.25, 0.3) is 0 Å². The second-order valence-electron chi connectivity index (χ2n) is 5.22. The van der Waals surface area contributed by atoms with E-state index in [2.05, 4.69) is 11.6 Å². The number of nitrogens with zero attached hydrogens (tertiary/aromatic N) is 2.